The first-order chi connectivity index (χ1) is 10.9. The molecule has 0 radical (unpaired) electrons. The molecule has 0 N–H and O–H groups in total. The van der Waals surface area contributed by atoms with Crippen LogP contribution in [0.3, 0.4) is 0 Å². The molecule has 7 nitrogen and oxygen atoms in total. The average molecular weight is 356 g/mol. The van der Waals surface area contributed by atoms with Crippen LogP contribution >= 0.6 is 0 Å². The monoisotopic (exact) mass is 356 g/mol. The fourth-order valence-corrected chi connectivity index (χ4v) is 2.63. The molecule has 0 aliphatic carbocycles. The molecule has 1 heterocycles. The van der Waals surface area contributed by atoms with Gasteiger partial charge in [-0.3, -0.25) is 4.79 Å². The van der Waals surface area contributed by atoms with Gasteiger partial charge >= 0.3 is 5.97 Å². The molecule has 24 heavy (non-hydrogen) atoms. The molecule has 1 aromatic rings. The average Bonchev–Trinajstić information content (AvgIpc) is 2.50. The number of sulfonamides is 1. The van der Waals surface area contributed by atoms with E-state index in [2.05, 4.69) is 9.38 Å². The van der Waals surface area contributed by atoms with Gasteiger partial charge in [0.05, 0.1) is 24.7 Å². The molecule has 1 rings (SSSR count). The number of hydrogen-bond donors (Lipinski definition) is 0. The van der Waals surface area contributed by atoms with E-state index in [1.165, 1.54) is 20.4 Å². The number of nitrogens with zero attached hydrogens (tertiary/aromatic N) is 2. The van der Waals surface area contributed by atoms with E-state index in [0.717, 1.165) is 0 Å². The second kappa shape index (κ2) is 6.88. The van der Waals surface area contributed by atoms with Crippen molar-refractivity contribution in [2.75, 3.05) is 14.2 Å². The summed E-state index contributed by atoms with van der Waals surface area (Å²) >= 11 is 0. The van der Waals surface area contributed by atoms with Gasteiger partial charge in [-0.1, -0.05) is 0 Å². The van der Waals surface area contributed by atoms with E-state index in [1.807, 2.05) is 0 Å². The van der Waals surface area contributed by atoms with Gasteiger partial charge in [0.15, 0.2) is 0 Å². The van der Waals surface area contributed by atoms with E-state index in [4.69, 9.17) is 9.47 Å². The fourth-order valence-electron chi connectivity index (χ4n) is 1.78. The Morgan fingerprint density at radius 2 is 1.71 bits per heavy atom. The molecular formula is C16H24N2O5S. The van der Waals surface area contributed by atoms with Crippen molar-refractivity contribution in [1.29, 1.82) is 0 Å². The maximum Gasteiger partial charge on any atom is 0.317 e. The molecule has 0 unspecified atom stereocenters. The van der Waals surface area contributed by atoms with Gasteiger partial charge in [-0.05, 0) is 40.7 Å². The molecule has 1 aromatic heterocycles. The summed E-state index contributed by atoms with van der Waals surface area (Å²) in [6.45, 7) is 7.74. The van der Waals surface area contributed by atoms with Crippen molar-refractivity contribution in [1.82, 2.24) is 4.98 Å². The van der Waals surface area contributed by atoms with Crippen molar-refractivity contribution in [3.8, 4) is 5.88 Å². The van der Waals surface area contributed by atoms with Gasteiger partial charge in [0, 0.05) is 17.8 Å². The molecule has 0 aliphatic rings. The van der Waals surface area contributed by atoms with Crippen molar-refractivity contribution in [2.24, 2.45) is 9.81 Å². The van der Waals surface area contributed by atoms with Gasteiger partial charge < -0.3 is 9.47 Å². The number of ether oxygens (including phenoxy) is 2. The highest BCUT2D eigenvalue weighted by molar-refractivity contribution is 7.91. The zero-order valence-corrected chi connectivity index (χ0v) is 15.9. The Balaban J connectivity index is 3.62. The van der Waals surface area contributed by atoms with Crippen molar-refractivity contribution >= 4 is 21.7 Å². The number of rotatable bonds is 5. The molecule has 8 heteroatoms. The number of hydrogen-bond acceptors (Lipinski definition) is 6. The van der Waals surface area contributed by atoms with Crippen LogP contribution in [0.4, 0.5) is 0 Å². The summed E-state index contributed by atoms with van der Waals surface area (Å²) in [5.41, 5.74) is -0.804. The Morgan fingerprint density at radius 3 is 2.08 bits per heavy atom. The van der Waals surface area contributed by atoms with Crippen LogP contribution < -0.4 is 4.74 Å². The number of carbonyl (C=O) groups is 1. The van der Waals surface area contributed by atoms with Crippen LogP contribution in [0.5, 0.6) is 5.88 Å². The van der Waals surface area contributed by atoms with E-state index in [9.17, 15) is 13.2 Å². The SMILES string of the molecule is COC(=O)C(C)(C)C(=NS(=O)(=O)C(C)(C)C)c1ccc(OC)nc1. The Labute approximate surface area is 143 Å². The molecule has 0 saturated heterocycles. The topological polar surface area (TPSA) is 94.9 Å². The second-order valence-electron chi connectivity index (χ2n) is 6.73. The second-order valence-corrected chi connectivity index (χ2v) is 9.09. The first-order valence-corrected chi connectivity index (χ1v) is 8.74. The van der Waals surface area contributed by atoms with Gasteiger partial charge in [0.25, 0.3) is 10.0 Å². The molecule has 0 aliphatic heterocycles. The van der Waals surface area contributed by atoms with E-state index in [1.54, 1.807) is 46.8 Å². The maximum atomic E-state index is 12.5. The molecule has 0 saturated carbocycles. The lowest BCUT2D eigenvalue weighted by atomic mass is 9.84. The molecule has 0 bridgehead atoms. The molecule has 0 spiro atoms. The van der Waals surface area contributed by atoms with Crippen molar-refractivity contribution in [2.45, 2.75) is 39.4 Å². The van der Waals surface area contributed by atoms with Gasteiger partial charge in [-0.15, -0.1) is 0 Å². The Bertz CT molecular complexity index is 729. The molecule has 0 atom stereocenters. The van der Waals surface area contributed by atoms with E-state index in [-0.39, 0.29) is 5.71 Å². The van der Waals surface area contributed by atoms with Gasteiger partial charge in [-0.2, -0.15) is 4.40 Å². The van der Waals surface area contributed by atoms with Gasteiger partial charge in [0.1, 0.15) is 5.41 Å². The summed E-state index contributed by atoms with van der Waals surface area (Å²) < 4.78 is 37.7. The largest absolute Gasteiger partial charge is 0.481 e. The standard InChI is InChI=1S/C16H24N2O5S/c1-15(2,3)24(20,21)18-13(16(4,5)14(19)23-7)11-8-9-12(22-6)17-10-11/h8-10H,1-7H3. The number of methoxy groups -OCH3 is 2. The molecular weight excluding hydrogens is 332 g/mol. The highest BCUT2D eigenvalue weighted by Crippen LogP contribution is 2.28. The quantitative estimate of drug-likeness (QED) is 0.593. The summed E-state index contributed by atoms with van der Waals surface area (Å²) in [5, 5.41) is 0. The molecule has 134 valence electrons. The Hall–Kier alpha value is -1.96. The van der Waals surface area contributed by atoms with Crippen LogP contribution in [0.15, 0.2) is 22.7 Å². The summed E-state index contributed by atoms with van der Waals surface area (Å²) in [6.07, 6.45) is 1.42. The predicted molar refractivity (Wildman–Crippen MR) is 91.8 cm³/mol. The van der Waals surface area contributed by atoms with Crippen molar-refractivity contribution in [3.05, 3.63) is 23.9 Å². The normalized spacial score (nSPS) is 13.5. The first-order valence-electron chi connectivity index (χ1n) is 7.30. The summed E-state index contributed by atoms with van der Waals surface area (Å²) in [7, 11) is -1.15. The van der Waals surface area contributed by atoms with Crippen LogP contribution in [-0.2, 0) is 19.6 Å². The van der Waals surface area contributed by atoms with Crippen LogP contribution in [0.2, 0.25) is 0 Å². The van der Waals surface area contributed by atoms with Gasteiger partial charge in [0.2, 0.25) is 5.88 Å². The minimum absolute atomic E-state index is 0.0689. The Kier molecular flexibility index (Phi) is 5.76. The van der Waals surface area contributed by atoms with Gasteiger partial charge in [-0.25, -0.2) is 13.4 Å². The van der Waals surface area contributed by atoms with Crippen LogP contribution in [0.1, 0.15) is 40.2 Å². The van der Waals surface area contributed by atoms with Crippen molar-refractivity contribution < 1.29 is 22.7 Å². The number of esters is 1. The van der Waals surface area contributed by atoms with E-state index < -0.39 is 26.2 Å². The third kappa shape index (κ3) is 4.11. The van der Waals surface area contributed by atoms with E-state index in [0.29, 0.717) is 11.4 Å². The number of carbonyl (C=O) groups excluding carboxylic acids is 1. The molecule has 0 aromatic carbocycles. The summed E-state index contributed by atoms with van der Waals surface area (Å²) in [5.74, 6) is -0.228. The van der Waals surface area contributed by atoms with E-state index >= 15 is 0 Å². The smallest absolute Gasteiger partial charge is 0.317 e. The lowest BCUT2D eigenvalue weighted by Gasteiger charge is -2.25. The molecule has 0 fully saturated rings. The lowest BCUT2D eigenvalue weighted by Crippen LogP contribution is -2.37. The third-order valence-corrected chi connectivity index (χ3v) is 5.46. The predicted octanol–water partition coefficient (Wildman–Crippen LogP) is 2.21. The van der Waals surface area contributed by atoms with Crippen LogP contribution in [-0.4, -0.2) is 44.0 Å². The fraction of sp³-hybridized carbons (Fsp3) is 0.562. The van der Waals surface area contributed by atoms with Crippen LogP contribution in [0, 0.1) is 5.41 Å². The summed E-state index contributed by atoms with van der Waals surface area (Å²) in [6, 6.07) is 3.18. The zero-order valence-electron chi connectivity index (χ0n) is 15.1. The summed E-state index contributed by atoms with van der Waals surface area (Å²) in [4.78, 5) is 16.2. The molecule has 0 amide bonds. The third-order valence-electron chi connectivity index (χ3n) is 3.49. The number of pyridine rings is 1. The minimum atomic E-state index is -3.86. The van der Waals surface area contributed by atoms with Crippen LogP contribution in [0.25, 0.3) is 0 Å². The first kappa shape index (κ1) is 20.1. The number of aromatic nitrogens is 1. The maximum absolute atomic E-state index is 12.5. The Morgan fingerprint density at radius 1 is 1.12 bits per heavy atom. The lowest BCUT2D eigenvalue weighted by molar-refractivity contribution is -0.146. The zero-order chi connectivity index (χ0) is 18.8. The minimum Gasteiger partial charge on any atom is -0.481 e. The highest BCUT2D eigenvalue weighted by Gasteiger charge is 2.39. The highest BCUT2D eigenvalue weighted by atomic mass is 32.2. The van der Waals surface area contributed by atoms with Crippen molar-refractivity contribution in [3.63, 3.8) is 0 Å².